The maximum atomic E-state index is 10.6. The lowest BCUT2D eigenvalue weighted by Crippen LogP contribution is -2.20. The van der Waals surface area contributed by atoms with Crippen molar-refractivity contribution >= 4 is 11.4 Å². The molecule has 0 bridgehead atoms. The van der Waals surface area contributed by atoms with Crippen molar-refractivity contribution in [2.45, 2.75) is 13.3 Å². The Bertz CT molecular complexity index is 818. The number of nitrogens with zero attached hydrogens (tertiary/aromatic N) is 3. The topological polar surface area (TPSA) is 94.2 Å². The molecule has 1 aromatic heterocycles. The average molecular weight is 339 g/mol. The second-order valence-electron chi connectivity index (χ2n) is 5.26. The van der Waals surface area contributed by atoms with E-state index in [1.807, 2.05) is 54.6 Å². The SMILES string of the molecule is O=[N+]([O-])c1cnn(COc2ccc(CNNc3ccccc3)cc2)c1. The van der Waals surface area contributed by atoms with E-state index >= 15 is 0 Å². The first-order chi connectivity index (χ1) is 12.2. The Kier molecular flexibility index (Phi) is 5.22. The lowest BCUT2D eigenvalue weighted by molar-refractivity contribution is -0.385. The Morgan fingerprint density at radius 3 is 2.56 bits per heavy atom. The van der Waals surface area contributed by atoms with Gasteiger partial charge < -0.3 is 10.2 Å². The summed E-state index contributed by atoms with van der Waals surface area (Å²) in [5.41, 5.74) is 8.28. The number of nitro groups is 1. The maximum Gasteiger partial charge on any atom is 0.307 e. The molecule has 2 N–H and O–H groups in total. The molecule has 8 heteroatoms. The van der Waals surface area contributed by atoms with Crippen molar-refractivity contribution in [3.63, 3.8) is 0 Å². The van der Waals surface area contributed by atoms with Gasteiger partial charge in [0.1, 0.15) is 18.1 Å². The van der Waals surface area contributed by atoms with E-state index in [1.165, 1.54) is 17.1 Å². The summed E-state index contributed by atoms with van der Waals surface area (Å²) < 4.78 is 6.93. The third-order valence-corrected chi connectivity index (χ3v) is 3.42. The van der Waals surface area contributed by atoms with Crippen molar-refractivity contribution in [2.75, 3.05) is 5.43 Å². The zero-order chi connectivity index (χ0) is 17.5. The van der Waals surface area contributed by atoms with E-state index in [9.17, 15) is 10.1 Å². The van der Waals surface area contributed by atoms with Crippen LogP contribution in [-0.2, 0) is 13.3 Å². The molecule has 0 aliphatic heterocycles. The number of hydrogen-bond donors (Lipinski definition) is 2. The predicted molar refractivity (Wildman–Crippen MR) is 92.9 cm³/mol. The highest BCUT2D eigenvalue weighted by Gasteiger charge is 2.08. The minimum atomic E-state index is -0.491. The highest BCUT2D eigenvalue weighted by Crippen LogP contribution is 2.14. The standard InChI is InChI=1S/C17H17N5O3/c23-22(24)16-11-19-21(12-16)13-25-17-8-6-14(7-9-17)10-18-20-15-4-2-1-3-5-15/h1-9,11-12,18,20H,10,13H2. The van der Waals surface area contributed by atoms with Crippen LogP contribution in [0.1, 0.15) is 5.56 Å². The number of hydrazine groups is 1. The maximum absolute atomic E-state index is 10.6. The van der Waals surface area contributed by atoms with E-state index in [0.717, 1.165) is 11.3 Å². The van der Waals surface area contributed by atoms with Crippen LogP contribution in [0.2, 0.25) is 0 Å². The first-order valence-corrected chi connectivity index (χ1v) is 7.63. The number of benzene rings is 2. The molecule has 0 saturated carbocycles. The van der Waals surface area contributed by atoms with E-state index in [-0.39, 0.29) is 12.4 Å². The fraction of sp³-hybridized carbons (Fsp3) is 0.118. The van der Waals surface area contributed by atoms with E-state index < -0.39 is 4.92 Å². The second kappa shape index (κ2) is 7.93. The van der Waals surface area contributed by atoms with Gasteiger partial charge in [-0.1, -0.05) is 30.3 Å². The number of para-hydroxylation sites is 1. The smallest absolute Gasteiger partial charge is 0.307 e. The molecule has 0 radical (unpaired) electrons. The zero-order valence-corrected chi connectivity index (χ0v) is 13.3. The monoisotopic (exact) mass is 339 g/mol. The predicted octanol–water partition coefficient (Wildman–Crippen LogP) is 2.94. The molecular formula is C17H17N5O3. The molecule has 0 unspecified atom stereocenters. The summed E-state index contributed by atoms with van der Waals surface area (Å²) in [7, 11) is 0. The van der Waals surface area contributed by atoms with Crippen LogP contribution >= 0.6 is 0 Å². The van der Waals surface area contributed by atoms with E-state index in [2.05, 4.69) is 16.0 Å². The molecule has 0 aliphatic rings. The van der Waals surface area contributed by atoms with Gasteiger partial charge in [0.05, 0.1) is 4.92 Å². The van der Waals surface area contributed by atoms with Gasteiger partial charge in [0.2, 0.25) is 0 Å². The molecule has 1 heterocycles. The van der Waals surface area contributed by atoms with Crippen LogP contribution in [-0.4, -0.2) is 14.7 Å². The first kappa shape index (κ1) is 16.5. The van der Waals surface area contributed by atoms with Crippen molar-refractivity contribution in [1.82, 2.24) is 15.2 Å². The molecule has 0 aliphatic carbocycles. The summed E-state index contributed by atoms with van der Waals surface area (Å²) in [6.07, 6.45) is 2.52. The first-order valence-electron chi connectivity index (χ1n) is 7.63. The Morgan fingerprint density at radius 2 is 1.88 bits per heavy atom. The van der Waals surface area contributed by atoms with E-state index in [0.29, 0.717) is 12.3 Å². The number of hydrogen-bond acceptors (Lipinski definition) is 6. The van der Waals surface area contributed by atoms with Gasteiger partial charge >= 0.3 is 5.69 Å². The van der Waals surface area contributed by atoms with Crippen molar-refractivity contribution in [2.24, 2.45) is 0 Å². The minimum Gasteiger partial charge on any atom is -0.471 e. The largest absolute Gasteiger partial charge is 0.471 e. The summed E-state index contributed by atoms with van der Waals surface area (Å²) in [5.74, 6) is 0.665. The molecule has 3 aromatic rings. The van der Waals surface area contributed by atoms with Crippen LogP contribution in [0, 0.1) is 10.1 Å². The fourth-order valence-corrected chi connectivity index (χ4v) is 2.13. The quantitative estimate of drug-likeness (QED) is 0.484. The summed E-state index contributed by atoms with van der Waals surface area (Å²) >= 11 is 0. The molecule has 25 heavy (non-hydrogen) atoms. The summed E-state index contributed by atoms with van der Waals surface area (Å²) in [6, 6.07) is 17.4. The Hall–Kier alpha value is -3.39. The Morgan fingerprint density at radius 1 is 1.12 bits per heavy atom. The minimum absolute atomic E-state index is 0.0593. The van der Waals surface area contributed by atoms with Gasteiger partial charge in [0.15, 0.2) is 6.73 Å². The van der Waals surface area contributed by atoms with Crippen molar-refractivity contribution in [3.05, 3.63) is 82.7 Å². The van der Waals surface area contributed by atoms with Crippen molar-refractivity contribution in [1.29, 1.82) is 0 Å². The summed E-state index contributed by atoms with van der Waals surface area (Å²) in [5, 5.41) is 14.5. The van der Waals surface area contributed by atoms with Crippen LogP contribution in [0.15, 0.2) is 67.0 Å². The van der Waals surface area contributed by atoms with Gasteiger partial charge in [-0.15, -0.1) is 0 Å². The van der Waals surface area contributed by atoms with Gasteiger partial charge in [-0.3, -0.25) is 10.1 Å². The molecule has 8 nitrogen and oxygen atoms in total. The molecule has 0 saturated heterocycles. The fourth-order valence-electron chi connectivity index (χ4n) is 2.13. The van der Waals surface area contributed by atoms with Crippen LogP contribution in [0.25, 0.3) is 0 Å². The molecule has 128 valence electrons. The van der Waals surface area contributed by atoms with Crippen molar-refractivity contribution < 1.29 is 9.66 Å². The van der Waals surface area contributed by atoms with Crippen LogP contribution in [0.4, 0.5) is 11.4 Å². The van der Waals surface area contributed by atoms with Crippen molar-refractivity contribution in [3.8, 4) is 5.75 Å². The molecular weight excluding hydrogens is 322 g/mol. The molecule has 0 atom stereocenters. The van der Waals surface area contributed by atoms with Gasteiger partial charge in [-0.05, 0) is 29.8 Å². The lowest BCUT2D eigenvalue weighted by Gasteiger charge is -2.09. The zero-order valence-electron chi connectivity index (χ0n) is 13.3. The highest BCUT2D eigenvalue weighted by atomic mass is 16.6. The third kappa shape index (κ3) is 4.79. The van der Waals surface area contributed by atoms with E-state index in [4.69, 9.17) is 4.74 Å². The Labute approximate surface area is 144 Å². The van der Waals surface area contributed by atoms with Gasteiger partial charge in [0, 0.05) is 12.2 Å². The van der Waals surface area contributed by atoms with Gasteiger partial charge in [-0.2, -0.15) is 5.10 Å². The van der Waals surface area contributed by atoms with Crippen LogP contribution < -0.4 is 15.6 Å². The highest BCUT2D eigenvalue weighted by molar-refractivity contribution is 5.41. The lowest BCUT2D eigenvalue weighted by atomic mass is 10.2. The Balaban J connectivity index is 1.45. The van der Waals surface area contributed by atoms with Gasteiger partial charge in [-0.25, -0.2) is 10.1 Å². The molecule has 0 fully saturated rings. The molecule has 3 rings (SSSR count). The number of nitrogens with one attached hydrogen (secondary N) is 2. The summed E-state index contributed by atoms with van der Waals surface area (Å²) in [6.45, 7) is 0.765. The van der Waals surface area contributed by atoms with Gasteiger partial charge in [0.25, 0.3) is 0 Å². The normalized spacial score (nSPS) is 10.4. The molecule has 0 spiro atoms. The third-order valence-electron chi connectivity index (χ3n) is 3.42. The van der Waals surface area contributed by atoms with Crippen LogP contribution in [0.3, 0.4) is 0 Å². The number of ether oxygens (including phenoxy) is 1. The second-order valence-corrected chi connectivity index (χ2v) is 5.26. The average Bonchev–Trinajstić information content (AvgIpc) is 3.11. The number of anilines is 1. The van der Waals surface area contributed by atoms with E-state index in [1.54, 1.807) is 0 Å². The number of rotatable bonds is 8. The molecule has 2 aromatic carbocycles. The number of aromatic nitrogens is 2. The molecule has 0 amide bonds. The summed E-state index contributed by atoms with van der Waals surface area (Å²) in [4.78, 5) is 10.1. The van der Waals surface area contributed by atoms with Crippen LogP contribution in [0.5, 0.6) is 5.75 Å².